The van der Waals surface area contributed by atoms with Gasteiger partial charge in [0.1, 0.15) is 11.4 Å². The van der Waals surface area contributed by atoms with E-state index in [-0.39, 0.29) is 5.60 Å². The Balaban J connectivity index is 1.25. The Kier molecular flexibility index (Phi) is 5.67. The van der Waals surface area contributed by atoms with Crippen LogP contribution in [0.4, 0.5) is 4.79 Å². The van der Waals surface area contributed by atoms with Gasteiger partial charge in [0, 0.05) is 44.5 Å². The zero-order chi connectivity index (χ0) is 20.1. The fourth-order valence-electron chi connectivity index (χ4n) is 3.65. The number of methoxy groups -OCH3 is 1. The SMILES string of the molecule is COc1cccc(C2=NOC3(CCN(OC(=O)NCc4ccccc4)CC3)C2)c1. The van der Waals surface area contributed by atoms with Gasteiger partial charge in [-0.25, -0.2) is 4.79 Å². The number of rotatable bonds is 5. The number of hydroxylamine groups is 2. The summed E-state index contributed by atoms with van der Waals surface area (Å²) in [4.78, 5) is 23.3. The molecule has 152 valence electrons. The molecular weight excluding hydrogens is 370 g/mol. The number of amides is 1. The molecule has 0 aromatic heterocycles. The molecule has 4 rings (SSSR count). The van der Waals surface area contributed by atoms with E-state index in [0.29, 0.717) is 19.6 Å². The van der Waals surface area contributed by atoms with Crippen LogP contribution in [-0.2, 0) is 16.2 Å². The molecule has 0 radical (unpaired) electrons. The van der Waals surface area contributed by atoms with Gasteiger partial charge in [-0.2, -0.15) is 0 Å². The van der Waals surface area contributed by atoms with Crippen molar-refractivity contribution in [1.82, 2.24) is 10.4 Å². The van der Waals surface area contributed by atoms with E-state index >= 15 is 0 Å². The van der Waals surface area contributed by atoms with Gasteiger partial charge >= 0.3 is 6.09 Å². The van der Waals surface area contributed by atoms with Gasteiger partial charge in [0.2, 0.25) is 0 Å². The van der Waals surface area contributed by atoms with Crippen LogP contribution in [0.2, 0.25) is 0 Å². The number of hydrogen-bond acceptors (Lipinski definition) is 6. The van der Waals surface area contributed by atoms with E-state index < -0.39 is 6.09 Å². The van der Waals surface area contributed by atoms with Crippen LogP contribution in [0, 0.1) is 0 Å². The van der Waals surface area contributed by atoms with E-state index in [1.54, 1.807) is 12.2 Å². The van der Waals surface area contributed by atoms with Gasteiger partial charge in [0.05, 0.1) is 12.8 Å². The molecule has 2 aromatic carbocycles. The maximum atomic E-state index is 12.1. The predicted octanol–water partition coefficient (Wildman–Crippen LogP) is 3.50. The number of carbonyl (C=O) groups excluding carboxylic acids is 1. The van der Waals surface area contributed by atoms with Crippen LogP contribution in [0.1, 0.15) is 30.4 Å². The lowest BCUT2D eigenvalue weighted by atomic mass is 9.86. The van der Waals surface area contributed by atoms with Gasteiger partial charge in [0.25, 0.3) is 0 Å². The van der Waals surface area contributed by atoms with Crippen LogP contribution in [-0.4, -0.2) is 42.7 Å². The number of hydrogen-bond donors (Lipinski definition) is 1. The lowest BCUT2D eigenvalue weighted by molar-refractivity contribution is -0.157. The van der Waals surface area contributed by atoms with E-state index in [0.717, 1.165) is 41.9 Å². The Labute approximate surface area is 170 Å². The average molecular weight is 395 g/mol. The molecular formula is C22H25N3O4. The average Bonchev–Trinajstić information content (AvgIpc) is 3.19. The van der Waals surface area contributed by atoms with Crippen molar-refractivity contribution in [2.45, 2.75) is 31.4 Å². The predicted molar refractivity (Wildman–Crippen MR) is 109 cm³/mol. The molecule has 1 spiro atoms. The smallest absolute Gasteiger partial charge is 0.426 e. The van der Waals surface area contributed by atoms with Crippen molar-refractivity contribution in [3.8, 4) is 5.75 Å². The summed E-state index contributed by atoms with van der Waals surface area (Å²) in [6.45, 7) is 1.66. The third kappa shape index (κ3) is 4.68. The molecule has 0 saturated carbocycles. The van der Waals surface area contributed by atoms with Crippen molar-refractivity contribution in [2.24, 2.45) is 5.16 Å². The molecule has 7 nitrogen and oxygen atoms in total. The molecule has 1 amide bonds. The van der Waals surface area contributed by atoms with Crippen LogP contribution in [0.25, 0.3) is 0 Å². The van der Waals surface area contributed by atoms with Crippen molar-refractivity contribution in [3.05, 3.63) is 65.7 Å². The lowest BCUT2D eigenvalue weighted by Gasteiger charge is -2.35. The third-order valence-electron chi connectivity index (χ3n) is 5.37. The largest absolute Gasteiger partial charge is 0.497 e. The van der Waals surface area contributed by atoms with E-state index in [9.17, 15) is 4.79 Å². The summed E-state index contributed by atoms with van der Waals surface area (Å²) in [5.74, 6) is 0.802. The van der Waals surface area contributed by atoms with Gasteiger partial charge < -0.3 is 19.7 Å². The highest BCUT2D eigenvalue weighted by molar-refractivity contribution is 6.02. The highest BCUT2D eigenvalue weighted by Gasteiger charge is 2.43. The first-order chi connectivity index (χ1) is 14.2. The Bertz CT molecular complexity index is 877. The minimum atomic E-state index is -0.439. The Morgan fingerprint density at radius 2 is 1.97 bits per heavy atom. The fourth-order valence-corrected chi connectivity index (χ4v) is 3.65. The zero-order valence-electron chi connectivity index (χ0n) is 16.5. The molecule has 1 saturated heterocycles. The first kappa shape index (κ1) is 19.3. The van der Waals surface area contributed by atoms with Crippen molar-refractivity contribution in [1.29, 1.82) is 0 Å². The van der Waals surface area contributed by atoms with Crippen molar-refractivity contribution < 1.29 is 19.2 Å². The summed E-state index contributed by atoms with van der Waals surface area (Å²) in [6, 6.07) is 17.6. The zero-order valence-corrected chi connectivity index (χ0v) is 16.5. The minimum Gasteiger partial charge on any atom is -0.497 e. The van der Waals surface area contributed by atoms with Gasteiger partial charge in [0.15, 0.2) is 0 Å². The molecule has 0 atom stereocenters. The van der Waals surface area contributed by atoms with Crippen molar-refractivity contribution in [2.75, 3.05) is 20.2 Å². The molecule has 1 N–H and O–H groups in total. The number of ether oxygens (including phenoxy) is 1. The van der Waals surface area contributed by atoms with E-state index in [4.69, 9.17) is 14.4 Å². The first-order valence-corrected chi connectivity index (χ1v) is 9.80. The molecule has 2 aromatic rings. The van der Waals surface area contributed by atoms with Crippen LogP contribution in [0.5, 0.6) is 5.75 Å². The Hall–Kier alpha value is -3.06. The van der Waals surface area contributed by atoms with Crippen LogP contribution in [0.15, 0.2) is 59.8 Å². The van der Waals surface area contributed by atoms with Gasteiger partial charge in [-0.15, -0.1) is 5.06 Å². The summed E-state index contributed by atoms with van der Waals surface area (Å²) in [5, 5.41) is 8.80. The van der Waals surface area contributed by atoms with Crippen molar-refractivity contribution >= 4 is 11.8 Å². The Morgan fingerprint density at radius 1 is 1.17 bits per heavy atom. The molecule has 0 aliphatic carbocycles. The second-order valence-corrected chi connectivity index (χ2v) is 7.37. The van der Waals surface area contributed by atoms with E-state index in [2.05, 4.69) is 10.5 Å². The summed E-state index contributed by atoms with van der Waals surface area (Å²) in [6.07, 6.45) is 1.80. The topological polar surface area (TPSA) is 72.4 Å². The number of carbonyl (C=O) groups is 1. The summed E-state index contributed by atoms with van der Waals surface area (Å²) < 4.78 is 5.29. The quantitative estimate of drug-likeness (QED) is 0.839. The second-order valence-electron chi connectivity index (χ2n) is 7.37. The summed E-state index contributed by atoms with van der Waals surface area (Å²) in [5.41, 5.74) is 2.65. The minimum absolute atomic E-state index is 0.321. The number of nitrogens with one attached hydrogen (secondary N) is 1. The molecule has 0 unspecified atom stereocenters. The molecule has 1 fully saturated rings. The highest BCUT2D eigenvalue weighted by Crippen LogP contribution is 2.36. The second kappa shape index (κ2) is 8.53. The van der Waals surface area contributed by atoms with Gasteiger partial charge in [-0.05, 0) is 17.7 Å². The lowest BCUT2D eigenvalue weighted by Crippen LogP contribution is -2.46. The molecule has 2 aliphatic heterocycles. The highest BCUT2D eigenvalue weighted by atomic mass is 16.7. The molecule has 0 bridgehead atoms. The molecule has 29 heavy (non-hydrogen) atoms. The van der Waals surface area contributed by atoms with Crippen LogP contribution < -0.4 is 10.1 Å². The maximum absolute atomic E-state index is 12.1. The normalized spacial score (nSPS) is 18.0. The number of oxime groups is 1. The summed E-state index contributed by atoms with van der Waals surface area (Å²) in [7, 11) is 1.65. The number of nitrogens with zero attached hydrogens (tertiary/aromatic N) is 2. The fraction of sp³-hybridized carbons (Fsp3) is 0.364. The third-order valence-corrected chi connectivity index (χ3v) is 5.37. The van der Waals surface area contributed by atoms with Gasteiger partial charge in [-0.1, -0.05) is 47.6 Å². The van der Waals surface area contributed by atoms with Gasteiger partial charge in [-0.3, -0.25) is 0 Å². The monoisotopic (exact) mass is 395 g/mol. The van der Waals surface area contributed by atoms with E-state index in [1.165, 1.54) is 0 Å². The van der Waals surface area contributed by atoms with Crippen molar-refractivity contribution in [3.63, 3.8) is 0 Å². The van der Waals surface area contributed by atoms with E-state index in [1.807, 2.05) is 54.6 Å². The number of benzene rings is 2. The van der Waals surface area contributed by atoms with Crippen LogP contribution in [0.3, 0.4) is 0 Å². The molecule has 7 heteroatoms. The Morgan fingerprint density at radius 3 is 2.72 bits per heavy atom. The molecule has 2 heterocycles. The number of piperidine rings is 1. The van der Waals surface area contributed by atoms with Crippen LogP contribution >= 0.6 is 0 Å². The summed E-state index contributed by atoms with van der Waals surface area (Å²) >= 11 is 0. The standard InChI is InChI=1S/C22H25N3O4/c1-27-19-9-5-8-18(14-19)20-15-22(29-24-20)10-12-25(13-11-22)28-21(26)23-16-17-6-3-2-4-7-17/h2-9,14H,10-13,15-16H2,1H3,(H,23,26). The molecule has 2 aliphatic rings. The first-order valence-electron chi connectivity index (χ1n) is 9.80. The maximum Gasteiger partial charge on any atom is 0.426 e.